The van der Waals surface area contributed by atoms with E-state index >= 15 is 13.2 Å². The number of piperazine rings is 1. The van der Waals surface area contributed by atoms with Crippen molar-refractivity contribution in [2.45, 2.75) is 50.7 Å². The number of nitrogens with one attached hydrogen (secondary N) is 2. The zero-order valence-corrected chi connectivity index (χ0v) is 22.4. The molecule has 5 atom stereocenters. The van der Waals surface area contributed by atoms with E-state index in [1.807, 2.05) is 0 Å². The maximum atomic E-state index is 15.5. The van der Waals surface area contributed by atoms with Gasteiger partial charge in [0.1, 0.15) is 0 Å². The molecule has 2 unspecified atom stereocenters. The SMILES string of the molecule is [2H]N1C(=O)N2C3=C(C(c4cc(Cl)cs4)=C(C(F)(F)F)CC3([2H])C1([2H])N1C[C@@H](C)N[C@@H](C)C1)S([2H])([2H])([2H])([2H])C([2H])([2H])[C@@]([2H])(n1ccnn1)C2([2H])[2H]. The molecule has 14 heteroatoms. The number of aromatic nitrogens is 3. The van der Waals surface area contributed by atoms with E-state index in [0.717, 1.165) is 22.5 Å². The van der Waals surface area contributed by atoms with E-state index in [1.54, 1.807) is 13.8 Å². The van der Waals surface area contributed by atoms with Crippen molar-refractivity contribution in [3.8, 4) is 0 Å². The Kier molecular flexibility index (Phi) is 4.06. The molecule has 2 saturated heterocycles. The molecule has 2 aromatic heterocycles. The zero-order valence-electron chi connectivity index (χ0n) is 32.0. The molecule has 2 N–H and O–H groups in total. The van der Waals surface area contributed by atoms with Gasteiger partial charge in [-0.3, -0.25) is 21.2 Å². The summed E-state index contributed by atoms with van der Waals surface area (Å²) in [6.45, 7) is -1.28. The van der Waals surface area contributed by atoms with Gasteiger partial charge in [-0.2, -0.15) is 13.2 Å². The average Bonchev–Trinajstić information content (AvgIpc) is 3.65. The molecule has 6 rings (SSSR count). The van der Waals surface area contributed by atoms with E-state index in [1.165, 1.54) is 0 Å². The lowest BCUT2D eigenvalue weighted by molar-refractivity contribution is -0.0962. The van der Waals surface area contributed by atoms with E-state index in [0.29, 0.717) is 17.5 Å². The number of nitrogens with zero attached hydrogens (tertiary/aromatic N) is 5. The summed E-state index contributed by atoms with van der Waals surface area (Å²) in [6.07, 6.45) is -8.89. The van der Waals surface area contributed by atoms with Gasteiger partial charge in [0.2, 0.25) is 0 Å². The number of halogens is 4. The van der Waals surface area contributed by atoms with Crippen molar-refractivity contribution in [1.29, 1.82) is 4.50 Å². The van der Waals surface area contributed by atoms with Crippen LogP contribution in [0.5, 0.6) is 0 Å². The monoisotopic (exact) mass is 601 g/mol. The zero-order chi connectivity index (χ0) is 37.7. The molecular weight excluding hydrogens is 559 g/mol. The summed E-state index contributed by atoms with van der Waals surface area (Å²) in [4.78, 5) is 13.0. The Morgan fingerprint density at radius 1 is 1.37 bits per heavy atom. The van der Waals surface area contributed by atoms with E-state index in [4.69, 9.17) is 13.0 Å². The fourth-order valence-electron chi connectivity index (χ4n) is 5.03. The standard InChI is InChI=1S/C24H31ClF3N7OS2/c1-12-7-33(8-13(2)30-12)22-16-6-17(24(26,27)28)19(18-5-14(25)10-37-18)21-20(16)34(23(36)31-22)9-15(11-38-21)35-4-3-29-32-35/h3-5,10,12-13,15-16,22,30H,6-9,11H2,1-2H3,38H4,(H,31,36)/t12-,13+,15-,16?,22?/m0/s1/i9D2,11D2,15D,16D,22D,38D4/hD. The Hall–Kier alpha value is -2.06. The third kappa shape index (κ3) is 4.66. The maximum absolute atomic E-state index is 15.5. The van der Waals surface area contributed by atoms with Crippen molar-refractivity contribution in [2.24, 2.45) is 5.89 Å². The number of amides is 2. The van der Waals surface area contributed by atoms with Crippen molar-refractivity contribution < 1.29 is 29.0 Å². The van der Waals surface area contributed by atoms with Crippen LogP contribution in [-0.2, 0) is 0 Å². The lowest BCUT2D eigenvalue weighted by atomic mass is 9.81. The van der Waals surface area contributed by atoms with Crippen LogP contribution in [-0.4, -0.2) is 85.0 Å². The Labute approximate surface area is 246 Å². The van der Waals surface area contributed by atoms with E-state index in [9.17, 15) is 18.9 Å². The van der Waals surface area contributed by atoms with Gasteiger partial charge in [-0.1, -0.05) is 16.8 Å². The van der Waals surface area contributed by atoms with Gasteiger partial charge in [-0.05, 0) is 36.9 Å². The first-order valence-electron chi connectivity index (χ1n) is 17.2. The maximum Gasteiger partial charge on any atom is 0.413 e. The van der Waals surface area contributed by atoms with Gasteiger partial charge in [-0.15, -0.1) is 16.4 Å². The van der Waals surface area contributed by atoms with Crippen molar-refractivity contribution in [3.63, 3.8) is 0 Å². The quantitative estimate of drug-likeness (QED) is 0.563. The number of carbonyl (C=O) groups excluding carboxylic acids is 1. The Morgan fingerprint density at radius 2 is 2.13 bits per heavy atom. The highest BCUT2D eigenvalue weighted by molar-refractivity contribution is 8.03. The van der Waals surface area contributed by atoms with Crippen molar-refractivity contribution in [3.05, 3.63) is 49.9 Å². The number of rotatable bonds is 3. The molecule has 5 heterocycles. The predicted molar refractivity (Wildman–Crippen MR) is 147 cm³/mol. The van der Waals surface area contributed by atoms with Crippen LogP contribution in [0.1, 0.15) is 40.8 Å². The lowest BCUT2D eigenvalue weighted by Crippen LogP contribution is -2.67. The molecule has 1 aliphatic carbocycles. The second-order valence-electron chi connectivity index (χ2n) is 9.25. The number of thiophene rings is 1. The lowest BCUT2D eigenvalue weighted by Gasteiger charge is -2.51. The average molecular weight is 602 g/mol. The summed E-state index contributed by atoms with van der Waals surface area (Å²) in [5, 5.41) is 10.8. The minimum absolute atomic E-state index is 0.114. The molecule has 0 spiro atoms. The molecule has 2 amide bonds. The summed E-state index contributed by atoms with van der Waals surface area (Å²) in [7, 11) is 0. The van der Waals surface area contributed by atoms with E-state index < -0.39 is 99.0 Å². The third-order valence-electron chi connectivity index (χ3n) is 6.40. The summed E-state index contributed by atoms with van der Waals surface area (Å²) in [6, 6.07) is -6.07. The van der Waals surface area contributed by atoms with Crippen LogP contribution in [0.4, 0.5) is 18.0 Å². The minimum Gasteiger partial charge on any atom is -0.321 e. The highest BCUT2D eigenvalue weighted by Gasteiger charge is 2.51. The highest BCUT2D eigenvalue weighted by Crippen LogP contribution is 2.55. The fraction of sp³-hybridized carbons (Fsp3) is 0.542. The van der Waals surface area contributed by atoms with Gasteiger partial charge < -0.3 is 10.6 Å². The Bertz CT molecular complexity index is 1860. The molecule has 0 radical (unpaired) electrons. The minimum atomic E-state index is -8.50. The number of hydrogen-bond acceptors (Lipinski definition) is 6. The Balaban J connectivity index is 1.90. The van der Waals surface area contributed by atoms with Crippen LogP contribution in [0.3, 0.4) is 0 Å². The van der Waals surface area contributed by atoms with Gasteiger partial charge in [-0.25, -0.2) is 9.48 Å². The van der Waals surface area contributed by atoms with Gasteiger partial charge in [0.15, 0.2) is 1.41 Å². The molecule has 2 aromatic rings. The van der Waals surface area contributed by atoms with E-state index in [-0.39, 0.29) is 33.0 Å². The van der Waals surface area contributed by atoms with Crippen LogP contribution >= 0.6 is 34.3 Å². The molecular formula is C24H31ClF3N7OS2. The van der Waals surface area contributed by atoms with Crippen molar-refractivity contribution in [1.82, 2.24) is 35.4 Å². The molecule has 0 bridgehead atoms. The third-order valence-corrected chi connectivity index (χ3v) is 8.59. The molecule has 38 heavy (non-hydrogen) atoms. The molecule has 208 valence electrons. The van der Waals surface area contributed by atoms with Gasteiger partial charge in [0, 0.05) is 68.5 Å². The predicted octanol–water partition coefficient (Wildman–Crippen LogP) is 3.49. The van der Waals surface area contributed by atoms with Crippen LogP contribution in [0.25, 0.3) is 5.57 Å². The second-order valence-corrected chi connectivity index (χ2v) is 11.4. The van der Waals surface area contributed by atoms with Crippen LogP contribution in [0.15, 0.2) is 40.0 Å². The second kappa shape index (κ2) is 9.84. The van der Waals surface area contributed by atoms with Crippen LogP contribution in [0.2, 0.25) is 6.43 Å². The topological polar surface area (TPSA) is 78.3 Å². The molecule has 3 aliphatic heterocycles. The first-order chi connectivity index (χ1) is 22.4. The Morgan fingerprint density at radius 3 is 2.76 bits per heavy atom. The van der Waals surface area contributed by atoms with Gasteiger partial charge >= 0.3 is 12.2 Å². The number of carbonyl (C=O) groups is 1. The van der Waals surface area contributed by atoms with Crippen molar-refractivity contribution in [2.75, 3.05) is 25.3 Å². The summed E-state index contributed by atoms with van der Waals surface area (Å²) >= 11 is -1.91. The summed E-state index contributed by atoms with van der Waals surface area (Å²) in [5.74, 6) is -3.46. The van der Waals surface area contributed by atoms with Crippen molar-refractivity contribution >= 4 is 45.9 Å². The normalized spacial score (nSPS) is 50.0. The largest absolute Gasteiger partial charge is 0.413 e. The molecule has 8 nitrogen and oxygen atoms in total. The number of allylic oxidation sites excluding steroid dienone is 2. The highest BCUT2D eigenvalue weighted by atomic mass is 35.5. The van der Waals surface area contributed by atoms with Crippen LogP contribution < -0.4 is 10.6 Å². The van der Waals surface area contributed by atoms with Gasteiger partial charge in [0.25, 0.3) is 0 Å². The van der Waals surface area contributed by atoms with Gasteiger partial charge in [0.05, 0.1) is 39.9 Å². The number of hydrogen-bond donors (Lipinski definition) is 2. The first-order valence-corrected chi connectivity index (χ1v) is 13.7. The summed E-state index contributed by atoms with van der Waals surface area (Å²) in [5.41, 5.74) is -9.15. The van der Waals surface area contributed by atoms with Crippen LogP contribution in [0, 0.1) is 5.89 Å². The molecule has 2 fully saturated rings. The fourth-order valence-corrected chi connectivity index (χ4v) is 7.23. The number of alkyl halides is 3. The molecule has 0 saturated carbocycles. The first kappa shape index (κ1) is 15.7. The van der Waals surface area contributed by atoms with E-state index in [2.05, 4.69) is 15.6 Å². The molecule has 0 aromatic carbocycles. The summed E-state index contributed by atoms with van der Waals surface area (Å²) < 4.78 is 159. The number of urea groups is 1. The molecule has 4 aliphatic rings. The smallest absolute Gasteiger partial charge is 0.321 e.